The van der Waals surface area contributed by atoms with Crippen molar-refractivity contribution < 1.29 is 144 Å². The van der Waals surface area contributed by atoms with Gasteiger partial charge in [-0.3, -0.25) is 0 Å². The molecular weight excluding hydrogens is 908 g/mol. The maximum atomic E-state index is 11.6. The van der Waals surface area contributed by atoms with Gasteiger partial charge in [0.15, 0.2) is 37.7 Å². The smallest absolute Gasteiger partial charge is 0.187 e. The summed E-state index contributed by atoms with van der Waals surface area (Å²) in [6.45, 7) is -1.84. The Hall–Kier alpha value is -1.16. The van der Waals surface area contributed by atoms with Gasteiger partial charge in [0, 0.05) is 5.92 Å². The Bertz CT molecular complexity index is 1490. The Kier molecular flexibility index (Phi) is 18.8. The number of aliphatic hydroxyl groups excluding tert-OH is 18. The van der Waals surface area contributed by atoms with Gasteiger partial charge < -0.3 is 144 Å². The fraction of sp³-hybridized carbons (Fsp3) is 1.00. The van der Waals surface area contributed by atoms with Crippen LogP contribution >= 0.6 is 0 Å². The van der Waals surface area contributed by atoms with E-state index >= 15 is 0 Å². The zero-order valence-electron chi connectivity index (χ0n) is 35.4. The molecule has 66 heavy (non-hydrogen) atoms. The first-order valence-corrected chi connectivity index (χ1v) is 21.3. The van der Waals surface area contributed by atoms with E-state index in [-0.39, 0.29) is 0 Å². The molecule has 0 aromatic rings. The number of ether oxygens (including phenoxy) is 11. The minimum absolute atomic E-state index is 0.852. The van der Waals surface area contributed by atoms with Crippen molar-refractivity contribution in [2.24, 2.45) is 5.92 Å². The average Bonchev–Trinajstić information content (AvgIpc) is 3.30. The first-order valence-electron chi connectivity index (χ1n) is 21.3. The number of hydrogen-bond donors (Lipinski definition) is 18. The normalized spacial score (nSPS) is 54.0. The van der Waals surface area contributed by atoms with Gasteiger partial charge in [0.2, 0.25) is 0 Å². The predicted molar refractivity (Wildman–Crippen MR) is 201 cm³/mol. The standard InChI is InChI=1S/C37H64O29/c1-8-27(62-37-31(20(48)16(44)10(3-38)60-37)66-34-24(52)19(47)15(43)9(2)56-34)17(45)11(4-39)58-33(8)65-30-18(46)12(5-40)59-36(26(30)54)64-29-14(7-42)61-35(25(53)22(29)50)63-28-13(6-41)57-32(55)23(51)21(28)49/h8-55H,3-7H2,1-2H3/t8-,9?,10?,11?,12?,13?,14?,15+,16-,17-,18-,19?,20?,21?,22?,23-,24-,25-,26?,27?,28+,29-,30-,31-,32+,33-,34-,35-,36+,37-/m0/s1. The van der Waals surface area contributed by atoms with Crippen molar-refractivity contribution in [3.05, 3.63) is 0 Å². The first kappa shape index (κ1) is 54.2. The van der Waals surface area contributed by atoms with Crippen LogP contribution in [0, 0.1) is 5.92 Å². The lowest BCUT2D eigenvalue weighted by molar-refractivity contribution is -0.396. The quantitative estimate of drug-likeness (QED) is 0.0724. The zero-order valence-corrected chi connectivity index (χ0v) is 35.4. The number of hydrogen-bond acceptors (Lipinski definition) is 29. The van der Waals surface area contributed by atoms with Crippen molar-refractivity contribution in [1.29, 1.82) is 0 Å². The van der Waals surface area contributed by atoms with Crippen molar-refractivity contribution in [3.63, 3.8) is 0 Å². The van der Waals surface area contributed by atoms with Crippen LogP contribution in [0.2, 0.25) is 0 Å². The highest BCUT2D eigenvalue weighted by atomic mass is 16.8. The second kappa shape index (κ2) is 22.9. The summed E-state index contributed by atoms with van der Waals surface area (Å²) in [5, 5.41) is 190. The van der Waals surface area contributed by atoms with E-state index in [9.17, 15) is 91.9 Å². The Morgan fingerprint density at radius 2 is 0.667 bits per heavy atom. The molecule has 0 aromatic heterocycles. The molecule has 6 heterocycles. The molecule has 29 heteroatoms. The van der Waals surface area contributed by atoms with Crippen LogP contribution in [0.3, 0.4) is 0 Å². The molecule has 29 nitrogen and oxygen atoms in total. The fourth-order valence-electron chi connectivity index (χ4n) is 8.67. The summed E-state index contributed by atoms with van der Waals surface area (Å²) in [6, 6.07) is 0. The van der Waals surface area contributed by atoms with Crippen molar-refractivity contribution in [2.45, 2.75) is 192 Å². The fourth-order valence-corrected chi connectivity index (χ4v) is 8.67. The largest absolute Gasteiger partial charge is 0.394 e. The summed E-state index contributed by atoms with van der Waals surface area (Å²) >= 11 is 0. The molecule has 6 aliphatic rings. The predicted octanol–water partition coefficient (Wildman–Crippen LogP) is -11.8. The Morgan fingerprint density at radius 1 is 0.288 bits per heavy atom. The van der Waals surface area contributed by atoms with Gasteiger partial charge in [-0.1, -0.05) is 6.92 Å². The van der Waals surface area contributed by atoms with Gasteiger partial charge >= 0.3 is 0 Å². The van der Waals surface area contributed by atoms with Gasteiger partial charge in [-0.15, -0.1) is 0 Å². The molecule has 12 unspecified atom stereocenters. The summed E-state index contributed by atoms with van der Waals surface area (Å²) < 4.78 is 62.4. The third-order valence-electron chi connectivity index (χ3n) is 12.7. The van der Waals surface area contributed by atoms with E-state index < -0.39 is 217 Å². The van der Waals surface area contributed by atoms with Crippen molar-refractivity contribution in [2.75, 3.05) is 33.0 Å². The SMILES string of the molecule is CC1O[C@@H](O[C@H]2C(O)[C@@H](O)C(CO)O[C@H]2OC2[C@@H](O)C(CO)O[C@@H](O[C@@H]3C(O)[C@@H](O[C@H]4C(CO)O[C@@H](O[C@@H]5C(CO)O[C@@H](O)[C@@H](O)C5O)[C@@H](O)C4O)OC(CO)[C@@H]3O)[C@H]2C)[C@@H](O)C(O)[C@@H]1O. The summed E-state index contributed by atoms with van der Waals surface area (Å²) in [5.74, 6) is -1.23. The molecule has 18 N–H and O–H groups in total. The topological polar surface area (TPSA) is 466 Å². The van der Waals surface area contributed by atoms with E-state index in [4.69, 9.17) is 52.1 Å². The second-order valence-corrected chi connectivity index (χ2v) is 17.1. The molecule has 0 aromatic carbocycles. The van der Waals surface area contributed by atoms with E-state index in [0.29, 0.717) is 0 Å². The van der Waals surface area contributed by atoms with Crippen molar-refractivity contribution in [1.82, 2.24) is 0 Å². The van der Waals surface area contributed by atoms with E-state index in [1.165, 1.54) is 13.8 Å². The molecule has 386 valence electrons. The first-order chi connectivity index (χ1) is 31.2. The Balaban J connectivity index is 1.18. The molecule has 0 amide bonds. The van der Waals surface area contributed by atoms with Gasteiger partial charge in [0.1, 0.15) is 128 Å². The highest BCUT2D eigenvalue weighted by Crippen LogP contribution is 2.38. The lowest BCUT2D eigenvalue weighted by Gasteiger charge is -2.50. The minimum atomic E-state index is -2.09. The van der Waals surface area contributed by atoms with E-state index in [1.54, 1.807) is 0 Å². The lowest BCUT2D eigenvalue weighted by atomic mass is 9.91. The molecule has 0 bridgehead atoms. The Labute approximate surface area is 374 Å². The van der Waals surface area contributed by atoms with Gasteiger partial charge in [-0.2, -0.15) is 0 Å². The molecule has 6 rings (SSSR count). The summed E-state index contributed by atoms with van der Waals surface area (Å²) in [5.41, 5.74) is 0. The zero-order chi connectivity index (χ0) is 48.6. The maximum absolute atomic E-state index is 11.6. The van der Waals surface area contributed by atoms with Gasteiger partial charge in [0.25, 0.3) is 0 Å². The minimum Gasteiger partial charge on any atom is -0.394 e. The van der Waals surface area contributed by atoms with Crippen molar-refractivity contribution >= 4 is 0 Å². The van der Waals surface area contributed by atoms with Crippen LogP contribution in [0.4, 0.5) is 0 Å². The average molecular weight is 973 g/mol. The van der Waals surface area contributed by atoms with Crippen LogP contribution in [0.1, 0.15) is 13.8 Å². The molecule has 6 saturated heterocycles. The molecule has 6 aliphatic heterocycles. The molecule has 0 radical (unpaired) electrons. The van der Waals surface area contributed by atoms with Gasteiger partial charge in [0.05, 0.1) is 45.2 Å². The number of aliphatic hydroxyl groups is 18. The molecule has 6 fully saturated rings. The molecule has 0 spiro atoms. The third-order valence-corrected chi connectivity index (χ3v) is 12.7. The molecule has 30 atom stereocenters. The van der Waals surface area contributed by atoms with Crippen LogP contribution in [0.15, 0.2) is 0 Å². The van der Waals surface area contributed by atoms with Gasteiger partial charge in [-0.25, -0.2) is 0 Å². The monoisotopic (exact) mass is 972 g/mol. The molecule has 0 saturated carbocycles. The van der Waals surface area contributed by atoms with Crippen LogP contribution < -0.4 is 0 Å². The summed E-state index contributed by atoms with van der Waals surface area (Å²) in [7, 11) is 0. The third kappa shape index (κ3) is 10.8. The van der Waals surface area contributed by atoms with Gasteiger partial charge in [-0.05, 0) is 6.92 Å². The number of rotatable bonds is 15. The van der Waals surface area contributed by atoms with Crippen LogP contribution in [-0.4, -0.2) is 303 Å². The highest BCUT2D eigenvalue weighted by molar-refractivity contribution is 4.99. The highest BCUT2D eigenvalue weighted by Gasteiger charge is 2.57. The van der Waals surface area contributed by atoms with Crippen molar-refractivity contribution in [3.8, 4) is 0 Å². The molecule has 0 aliphatic carbocycles. The maximum Gasteiger partial charge on any atom is 0.187 e. The van der Waals surface area contributed by atoms with E-state index in [0.717, 1.165) is 0 Å². The van der Waals surface area contributed by atoms with E-state index in [1.807, 2.05) is 0 Å². The van der Waals surface area contributed by atoms with Crippen LogP contribution in [-0.2, 0) is 52.1 Å². The van der Waals surface area contributed by atoms with Crippen LogP contribution in [0.5, 0.6) is 0 Å². The molecular formula is C37H64O29. The second-order valence-electron chi connectivity index (χ2n) is 17.1. The lowest BCUT2D eigenvalue weighted by Crippen LogP contribution is -2.67. The van der Waals surface area contributed by atoms with E-state index in [2.05, 4.69) is 0 Å². The summed E-state index contributed by atoms with van der Waals surface area (Å²) in [6.07, 6.45) is -51.5. The van der Waals surface area contributed by atoms with Crippen LogP contribution in [0.25, 0.3) is 0 Å². The Morgan fingerprint density at radius 3 is 1.24 bits per heavy atom. The summed E-state index contributed by atoms with van der Waals surface area (Å²) in [4.78, 5) is 0.